The Morgan fingerprint density at radius 1 is 1.00 bits per heavy atom. The molecular weight excluding hydrogens is 448 g/mol. The van der Waals surface area contributed by atoms with Crippen LogP contribution in [0.2, 0.25) is 0 Å². The van der Waals surface area contributed by atoms with Crippen LogP contribution in [0.4, 0.5) is 0 Å². The molecule has 0 saturated heterocycles. The molecule has 4 saturated carbocycles. The quantitative estimate of drug-likeness (QED) is 0.318. The Balaban J connectivity index is 1.65. The first-order valence-corrected chi connectivity index (χ1v) is 14.6. The van der Waals surface area contributed by atoms with Gasteiger partial charge in [-0.05, 0) is 106 Å². The van der Waals surface area contributed by atoms with Crippen molar-refractivity contribution in [2.75, 3.05) is 0 Å². The average molecular weight is 501 g/mol. The summed E-state index contributed by atoms with van der Waals surface area (Å²) in [6.07, 6.45) is 10.5. The molecule has 0 aliphatic heterocycles. The zero-order valence-electron chi connectivity index (χ0n) is 24.5. The Labute approximate surface area is 220 Å². The Morgan fingerprint density at radius 2 is 1.64 bits per heavy atom. The predicted octanol–water partition coefficient (Wildman–Crippen LogP) is 7.28. The first-order valence-electron chi connectivity index (χ1n) is 14.6. The largest absolute Gasteiger partial charge is 0.462 e. The van der Waals surface area contributed by atoms with Gasteiger partial charge in [0.25, 0.3) is 0 Å². The molecule has 0 aromatic heterocycles. The van der Waals surface area contributed by atoms with E-state index in [0.29, 0.717) is 30.5 Å². The third kappa shape index (κ3) is 4.03. The van der Waals surface area contributed by atoms with Crippen LogP contribution in [0.5, 0.6) is 0 Å². The van der Waals surface area contributed by atoms with Gasteiger partial charge >= 0.3 is 5.97 Å². The van der Waals surface area contributed by atoms with E-state index in [1.165, 1.54) is 12.5 Å². The van der Waals surface area contributed by atoms with Crippen molar-refractivity contribution in [3.8, 4) is 0 Å². The Bertz CT molecular complexity index is 926. The van der Waals surface area contributed by atoms with E-state index in [1.807, 2.05) is 6.92 Å². The highest BCUT2D eigenvalue weighted by Crippen LogP contribution is 2.75. The van der Waals surface area contributed by atoms with Gasteiger partial charge in [0.15, 0.2) is 0 Å². The Kier molecular flexibility index (Phi) is 6.93. The lowest BCUT2D eigenvalue weighted by molar-refractivity contribution is -0.225. The summed E-state index contributed by atoms with van der Waals surface area (Å²) in [5.74, 6) is 0.967. The lowest BCUT2D eigenvalue weighted by atomic mass is 9.35. The van der Waals surface area contributed by atoms with E-state index in [1.54, 1.807) is 0 Å². The number of esters is 1. The number of Topliss-reactive ketones (excluding diaryl/α,β-unsaturated/α-hetero) is 1. The van der Waals surface area contributed by atoms with Crippen molar-refractivity contribution in [3.05, 3.63) is 11.6 Å². The van der Waals surface area contributed by atoms with Crippen molar-refractivity contribution >= 4 is 11.8 Å². The van der Waals surface area contributed by atoms with Crippen LogP contribution in [0.25, 0.3) is 0 Å². The van der Waals surface area contributed by atoms with Gasteiger partial charge in [0, 0.05) is 24.7 Å². The first-order chi connectivity index (χ1) is 16.5. The van der Waals surface area contributed by atoms with Crippen molar-refractivity contribution in [2.24, 2.45) is 45.3 Å². The highest BCUT2D eigenvalue weighted by Gasteiger charge is 2.71. The second-order valence-electron chi connectivity index (χ2n) is 14.9. The normalized spacial score (nSPS) is 45.1. The molecule has 0 heterocycles. The average Bonchev–Trinajstić information content (AvgIpc) is 3.12. The zero-order chi connectivity index (χ0) is 26.9. The predicted molar refractivity (Wildman–Crippen MR) is 144 cm³/mol. The maximum atomic E-state index is 14.1. The SMILES string of the molecule is CC(=O)O[C@H]1CC[C@@]2(C)C(CC[C@]3(C)C2CC(=O)C2C([C@@](C)(O)CCC=C(C)C)CC[C@]23C)C1(C)C. The molecule has 4 aliphatic carbocycles. The number of rotatable bonds is 5. The molecule has 0 amide bonds. The van der Waals surface area contributed by atoms with Crippen molar-refractivity contribution in [1.29, 1.82) is 0 Å². The fourth-order valence-corrected chi connectivity index (χ4v) is 10.4. The van der Waals surface area contributed by atoms with Gasteiger partial charge in [-0.3, -0.25) is 9.59 Å². The standard InChI is InChI=1S/C32H52O4/c1-20(2)11-10-15-32(9,35)22-12-17-31(8)27(22)23(34)19-25-29(6)16-14-26(36-21(3)33)28(4,5)24(29)13-18-30(25,31)7/h11,22,24-27,35H,10,12-19H2,1-9H3/t22?,24?,25?,26-,27?,29-,30+,31+,32-/m0/s1. The summed E-state index contributed by atoms with van der Waals surface area (Å²) in [5, 5.41) is 11.7. The molecule has 4 unspecified atom stereocenters. The van der Waals surface area contributed by atoms with Crippen molar-refractivity contribution in [2.45, 2.75) is 132 Å². The molecule has 0 aromatic rings. The first kappa shape index (κ1) is 27.9. The molecule has 0 spiro atoms. The highest BCUT2D eigenvalue weighted by atomic mass is 16.5. The lowest BCUT2D eigenvalue weighted by Gasteiger charge is -2.69. The maximum absolute atomic E-state index is 14.1. The molecule has 36 heavy (non-hydrogen) atoms. The summed E-state index contributed by atoms with van der Waals surface area (Å²) in [6.45, 7) is 19.6. The van der Waals surface area contributed by atoms with E-state index in [9.17, 15) is 14.7 Å². The smallest absolute Gasteiger partial charge is 0.302 e. The third-order valence-electron chi connectivity index (χ3n) is 12.4. The zero-order valence-corrected chi connectivity index (χ0v) is 24.5. The number of ketones is 1. The fraction of sp³-hybridized carbons (Fsp3) is 0.875. The van der Waals surface area contributed by atoms with E-state index in [-0.39, 0.29) is 45.6 Å². The summed E-state index contributed by atoms with van der Waals surface area (Å²) in [6, 6.07) is 0. The topological polar surface area (TPSA) is 63.6 Å². The summed E-state index contributed by atoms with van der Waals surface area (Å²) >= 11 is 0. The number of allylic oxidation sites excluding steroid dienone is 2. The second kappa shape index (κ2) is 8.95. The third-order valence-corrected chi connectivity index (χ3v) is 12.4. The van der Waals surface area contributed by atoms with E-state index in [2.05, 4.69) is 54.5 Å². The number of carbonyl (C=O) groups excluding carboxylic acids is 2. The molecule has 4 heteroatoms. The molecule has 9 atom stereocenters. The lowest BCUT2D eigenvalue weighted by Crippen LogP contribution is -2.66. The summed E-state index contributed by atoms with van der Waals surface area (Å²) in [7, 11) is 0. The minimum absolute atomic E-state index is 0.0417. The molecule has 4 nitrogen and oxygen atoms in total. The van der Waals surface area contributed by atoms with Gasteiger partial charge < -0.3 is 9.84 Å². The van der Waals surface area contributed by atoms with Crippen LogP contribution < -0.4 is 0 Å². The van der Waals surface area contributed by atoms with Crippen LogP contribution in [0.3, 0.4) is 0 Å². The monoisotopic (exact) mass is 500 g/mol. The fourth-order valence-electron chi connectivity index (χ4n) is 10.4. The van der Waals surface area contributed by atoms with Gasteiger partial charge in [0.2, 0.25) is 0 Å². The molecular formula is C32H52O4. The van der Waals surface area contributed by atoms with Crippen LogP contribution in [-0.2, 0) is 14.3 Å². The Hall–Kier alpha value is -1.16. The maximum Gasteiger partial charge on any atom is 0.302 e. The van der Waals surface area contributed by atoms with Gasteiger partial charge in [0.05, 0.1) is 5.60 Å². The number of carbonyl (C=O) groups is 2. The molecule has 0 bridgehead atoms. The van der Waals surface area contributed by atoms with E-state index in [0.717, 1.165) is 44.9 Å². The van der Waals surface area contributed by atoms with Crippen molar-refractivity contribution in [3.63, 3.8) is 0 Å². The summed E-state index contributed by atoms with van der Waals surface area (Å²) in [4.78, 5) is 26.0. The molecule has 1 N–H and O–H groups in total. The van der Waals surface area contributed by atoms with Gasteiger partial charge in [-0.25, -0.2) is 0 Å². The summed E-state index contributed by atoms with van der Waals surface area (Å²) < 4.78 is 5.83. The number of fused-ring (bicyclic) bond motifs is 5. The number of ether oxygens (including phenoxy) is 1. The molecule has 4 fully saturated rings. The van der Waals surface area contributed by atoms with E-state index < -0.39 is 5.60 Å². The van der Waals surface area contributed by atoms with Crippen LogP contribution in [-0.4, -0.2) is 28.6 Å². The van der Waals surface area contributed by atoms with Crippen molar-refractivity contribution < 1.29 is 19.4 Å². The van der Waals surface area contributed by atoms with Gasteiger partial charge in [0.1, 0.15) is 11.9 Å². The van der Waals surface area contributed by atoms with Gasteiger partial charge in [-0.15, -0.1) is 0 Å². The van der Waals surface area contributed by atoms with Gasteiger partial charge in [-0.1, -0.05) is 46.3 Å². The second-order valence-corrected chi connectivity index (χ2v) is 14.9. The molecule has 204 valence electrons. The molecule has 4 rings (SSSR count). The van der Waals surface area contributed by atoms with Crippen LogP contribution in [0.15, 0.2) is 11.6 Å². The van der Waals surface area contributed by atoms with E-state index >= 15 is 0 Å². The number of aliphatic hydroxyl groups is 1. The number of hydrogen-bond donors (Lipinski definition) is 1. The molecule has 0 aromatic carbocycles. The van der Waals surface area contributed by atoms with Crippen LogP contribution in [0.1, 0.15) is 120 Å². The van der Waals surface area contributed by atoms with E-state index in [4.69, 9.17) is 4.74 Å². The van der Waals surface area contributed by atoms with Crippen LogP contribution >= 0.6 is 0 Å². The van der Waals surface area contributed by atoms with Gasteiger partial charge in [-0.2, -0.15) is 0 Å². The Morgan fingerprint density at radius 3 is 2.25 bits per heavy atom. The summed E-state index contributed by atoms with van der Waals surface area (Å²) in [5.41, 5.74) is 0.407. The molecule has 4 aliphatic rings. The minimum Gasteiger partial charge on any atom is -0.462 e. The minimum atomic E-state index is -0.821. The van der Waals surface area contributed by atoms with Crippen LogP contribution in [0, 0.1) is 45.3 Å². The highest BCUT2D eigenvalue weighted by molar-refractivity contribution is 5.84. The number of hydrogen-bond acceptors (Lipinski definition) is 4. The molecule has 0 radical (unpaired) electrons. The van der Waals surface area contributed by atoms with Crippen molar-refractivity contribution in [1.82, 2.24) is 0 Å².